The van der Waals surface area contributed by atoms with E-state index in [-0.39, 0.29) is 5.56 Å². The summed E-state index contributed by atoms with van der Waals surface area (Å²) in [6.45, 7) is 1.89. The summed E-state index contributed by atoms with van der Waals surface area (Å²) in [4.78, 5) is 4.56. The lowest BCUT2D eigenvalue weighted by atomic mass is 10.0. The van der Waals surface area contributed by atoms with Crippen LogP contribution in [-0.2, 0) is 0 Å². The SMILES string of the molecule is COc1ccc2cc(Nc3cc(C)[nH]n3)nc(-c3ccc(F)cc3F)c2c1. The molecule has 0 unspecified atom stereocenters. The van der Waals surface area contributed by atoms with Crippen molar-refractivity contribution in [2.24, 2.45) is 0 Å². The van der Waals surface area contributed by atoms with E-state index in [4.69, 9.17) is 4.74 Å². The number of rotatable bonds is 4. The molecule has 2 aromatic carbocycles. The zero-order valence-corrected chi connectivity index (χ0v) is 14.7. The number of aryl methyl sites for hydroxylation is 1. The van der Waals surface area contributed by atoms with Crippen LogP contribution >= 0.6 is 0 Å². The van der Waals surface area contributed by atoms with Gasteiger partial charge in [-0.25, -0.2) is 13.8 Å². The van der Waals surface area contributed by atoms with Gasteiger partial charge in [-0.1, -0.05) is 6.07 Å². The minimum atomic E-state index is -0.681. The summed E-state index contributed by atoms with van der Waals surface area (Å²) in [6.07, 6.45) is 0. The van der Waals surface area contributed by atoms with Gasteiger partial charge in [-0.05, 0) is 42.6 Å². The van der Waals surface area contributed by atoms with Gasteiger partial charge in [0.1, 0.15) is 23.2 Å². The number of methoxy groups -OCH3 is 1. The molecule has 5 nitrogen and oxygen atoms in total. The molecular formula is C20H16F2N4O. The number of hydrogen-bond donors (Lipinski definition) is 2. The van der Waals surface area contributed by atoms with E-state index in [1.54, 1.807) is 13.2 Å². The number of fused-ring (bicyclic) bond motifs is 1. The van der Waals surface area contributed by atoms with Crippen LogP contribution in [0.25, 0.3) is 22.0 Å². The molecule has 2 N–H and O–H groups in total. The van der Waals surface area contributed by atoms with Gasteiger partial charge in [0.25, 0.3) is 0 Å². The van der Waals surface area contributed by atoms with Crippen molar-refractivity contribution >= 4 is 22.4 Å². The molecular weight excluding hydrogens is 350 g/mol. The second kappa shape index (κ2) is 6.68. The number of ether oxygens (including phenoxy) is 1. The lowest BCUT2D eigenvalue weighted by molar-refractivity contribution is 0.415. The van der Waals surface area contributed by atoms with Gasteiger partial charge >= 0.3 is 0 Å². The molecule has 0 radical (unpaired) electrons. The van der Waals surface area contributed by atoms with Crippen molar-refractivity contribution in [3.8, 4) is 17.0 Å². The Morgan fingerprint density at radius 3 is 2.56 bits per heavy atom. The minimum Gasteiger partial charge on any atom is -0.497 e. The topological polar surface area (TPSA) is 62.8 Å². The number of pyridine rings is 1. The summed E-state index contributed by atoms with van der Waals surface area (Å²) >= 11 is 0. The van der Waals surface area contributed by atoms with Crippen LogP contribution in [0.2, 0.25) is 0 Å². The summed E-state index contributed by atoms with van der Waals surface area (Å²) in [6, 6.07) is 12.6. The van der Waals surface area contributed by atoms with E-state index in [2.05, 4.69) is 20.5 Å². The zero-order chi connectivity index (χ0) is 19.0. The maximum atomic E-state index is 14.5. The molecule has 7 heteroatoms. The molecule has 2 aromatic heterocycles. The van der Waals surface area contributed by atoms with Gasteiger partial charge in [0.2, 0.25) is 0 Å². The number of aromatic nitrogens is 3. The van der Waals surface area contributed by atoms with Crippen molar-refractivity contribution < 1.29 is 13.5 Å². The molecule has 136 valence electrons. The Morgan fingerprint density at radius 2 is 1.85 bits per heavy atom. The number of hydrogen-bond acceptors (Lipinski definition) is 4. The first kappa shape index (κ1) is 17.0. The van der Waals surface area contributed by atoms with Crippen molar-refractivity contribution in [3.05, 3.63) is 65.9 Å². The van der Waals surface area contributed by atoms with Gasteiger partial charge in [-0.2, -0.15) is 5.10 Å². The maximum Gasteiger partial charge on any atom is 0.153 e. The average molecular weight is 366 g/mol. The number of H-pyrrole nitrogens is 1. The van der Waals surface area contributed by atoms with Crippen LogP contribution in [0.5, 0.6) is 5.75 Å². The molecule has 0 saturated carbocycles. The first-order valence-electron chi connectivity index (χ1n) is 8.27. The van der Waals surface area contributed by atoms with Crippen LogP contribution in [0, 0.1) is 18.6 Å². The number of aromatic amines is 1. The standard InChI is InChI=1S/C20H16F2N4O/c1-11-7-19(26-25-11)23-18-8-12-3-5-14(27-2)10-16(12)20(24-18)15-6-4-13(21)9-17(15)22/h3-10H,1-2H3,(H2,23,24,25,26). The van der Waals surface area contributed by atoms with Gasteiger partial charge < -0.3 is 10.1 Å². The molecule has 0 aliphatic rings. The van der Waals surface area contributed by atoms with Crippen molar-refractivity contribution in [1.82, 2.24) is 15.2 Å². The first-order valence-corrected chi connectivity index (χ1v) is 8.27. The molecule has 27 heavy (non-hydrogen) atoms. The van der Waals surface area contributed by atoms with Crippen LogP contribution in [0.1, 0.15) is 5.69 Å². The van der Waals surface area contributed by atoms with E-state index in [1.165, 1.54) is 12.1 Å². The molecule has 0 amide bonds. The Hall–Kier alpha value is -3.48. The third kappa shape index (κ3) is 3.31. The van der Waals surface area contributed by atoms with Crippen molar-refractivity contribution in [1.29, 1.82) is 0 Å². The summed E-state index contributed by atoms with van der Waals surface area (Å²) in [5.74, 6) is 0.395. The van der Waals surface area contributed by atoms with Crippen LogP contribution in [0.3, 0.4) is 0 Å². The van der Waals surface area contributed by atoms with E-state index in [0.717, 1.165) is 17.1 Å². The van der Waals surface area contributed by atoms with E-state index < -0.39 is 11.6 Å². The van der Waals surface area contributed by atoms with Crippen molar-refractivity contribution in [2.75, 3.05) is 12.4 Å². The van der Waals surface area contributed by atoms with Crippen LogP contribution in [0.4, 0.5) is 20.4 Å². The third-order valence-corrected chi connectivity index (χ3v) is 4.19. The predicted octanol–water partition coefficient (Wildman–Crippen LogP) is 4.96. The lowest BCUT2D eigenvalue weighted by Gasteiger charge is -2.12. The quantitative estimate of drug-likeness (QED) is 0.536. The predicted molar refractivity (Wildman–Crippen MR) is 100 cm³/mol. The monoisotopic (exact) mass is 366 g/mol. The normalized spacial score (nSPS) is 11.0. The van der Waals surface area contributed by atoms with Crippen LogP contribution in [0.15, 0.2) is 48.5 Å². The average Bonchev–Trinajstić information content (AvgIpc) is 3.05. The van der Waals surface area contributed by atoms with E-state index in [9.17, 15) is 8.78 Å². The molecule has 2 heterocycles. The molecule has 0 atom stereocenters. The molecule has 0 bridgehead atoms. The van der Waals surface area contributed by atoms with Gasteiger partial charge in [-0.3, -0.25) is 5.10 Å². The Kier molecular flexibility index (Phi) is 4.19. The minimum absolute atomic E-state index is 0.205. The molecule has 0 aliphatic carbocycles. The van der Waals surface area contributed by atoms with E-state index in [1.807, 2.05) is 31.2 Å². The van der Waals surface area contributed by atoms with Gasteiger partial charge in [-0.15, -0.1) is 0 Å². The summed E-state index contributed by atoms with van der Waals surface area (Å²) < 4.78 is 33.1. The second-order valence-corrected chi connectivity index (χ2v) is 6.13. The maximum absolute atomic E-state index is 14.5. The number of benzene rings is 2. The van der Waals surface area contributed by atoms with Gasteiger partial charge in [0.05, 0.1) is 12.8 Å². The molecule has 0 fully saturated rings. The number of nitrogens with one attached hydrogen (secondary N) is 2. The summed E-state index contributed by atoms with van der Waals surface area (Å²) in [5, 5.41) is 11.6. The summed E-state index contributed by atoms with van der Waals surface area (Å²) in [7, 11) is 1.56. The van der Waals surface area contributed by atoms with Crippen molar-refractivity contribution in [2.45, 2.75) is 6.92 Å². The molecule has 0 spiro atoms. The fourth-order valence-corrected chi connectivity index (χ4v) is 2.92. The highest BCUT2D eigenvalue weighted by molar-refractivity contribution is 5.97. The second-order valence-electron chi connectivity index (χ2n) is 6.13. The van der Waals surface area contributed by atoms with E-state index >= 15 is 0 Å². The Labute approximate surface area is 154 Å². The number of nitrogens with zero attached hydrogens (tertiary/aromatic N) is 2. The Bertz CT molecular complexity index is 1140. The molecule has 0 saturated heterocycles. The van der Waals surface area contributed by atoms with Crippen molar-refractivity contribution in [3.63, 3.8) is 0 Å². The molecule has 4 aromatic rings. The highest BCUT2D eigenvalue weighted by atomic mass is 19.1. The Balaban J connectivity index is 1.92. The van der Waals surface area contributed by atoms with Crippen LogP contribution < -0.4 is 10.1 Å². The smallest absolute Gasteiger partial charge is 0.153 e. The summed E-state index contributed by atoms with van der Waals surface area (Å²) in [5.41, 5.74) is 1.49. The first-order chi connectivity index (χ1) is 13.0. The zero-order valence-electron chi connectivity index (χ0n) is 14.7. The van der Waals surface area contributed by atoms with Crippen LogP contribution in [-0.4, -0.2) is 22.3 Å². The fraction of sp³-hybridized carbons (Fsp3) is 0.100. The molecule has 0 aliphatic heterocycles. The largest absolute Gasteiger partial charge is 0.497 e. The highest BCUT2D eigenvalue weighted by Gasteiger charge is 2.14. The number of halogens is 2. The fourth-order valence-electron chi connectivity index (χ4n) is 2.92. The van der Waals surface area contributed by atoms with Gasteiger partial charge in [0.15, 0.2) is 5.82 Å². The number of anilines is 2. The lowest BCUT2D eigenvalue weighted by Crippen LogP contribution is -1.98. The Morgan fingerprint density at radius 1 is 1.00 bits per heavy atom. The van der Waals surface area contributed by atoms with Gasteiger partial charge in [0, 0.05) is 28.8 Å². The van der Waals surface area contributed by atoms with E-state index in [0.29, 0.717) is 28.5 Å². The highest BCUT2D eigenvalue weighted by Crippen LogP contribution is 2.34. The molecule has 4 rings (SSSR count). The third-order valence-electron chi connectivity index (χ3n) is 4.19.